The van der Waals surface area contributed by atoms with Crippen molar-refractivity contribution in [2.45, 2.75) is 19.8 Å². The summed E-state index contributed by atoms with van der Waals surface area (Å²) in [5.41, 5.74) is 5.00. The second-order valence-electron chi connectivity index (χ2n) is 4.60. The Kier molecular flexibility index (Phi) is 2.94. The number of aromatic nitrogens is 2. The molecule has 0 bridgehead atoms. The Balaban J connectivity index is 1.78. The summed E-state index contributed by atoms with van der Waals surface area (Å²) in [6, 6.07) is 5.43. The maximum absolute atomic E-state index is 12.0. The molecule has 7 heteroatoms. The molecule has 3 N–H and O–H groups in total. The lowest BCUT2D eigenvalue weighted by Gasteiger charge is -2.11. The number of aryl methyl sites for hydroxylation is 1. The summed E-state index contributed by atoms with van der Waals surface area (Å²) in [6.45, 7) is 1.87. The number of hydrogen-bond acceptors (Lipinski definition) is 4. The standard InChI is InChI=1S/C13H13N5O2/c1-7-14-9-3-2-8(6-11(9)15-7)16-13(20)10-4-5-12(19)18-17-10/h2-3,6H,4-5H2,1H3,(H,14,15)(H,16,20)(H,18,19). The molecule has 0 fully saturated rings. The van der Waals surface area contributed by atoms with Crippen molar-refractivity contribution in [1.29, 1.82) is 0 Å². The first kappa shape index (κ1) is 12.3. The highest BCUT2D eigenvalue weighted by atomic mass is 16.2. The Morgan fingerprint density at radius 2 is 2.20 bits per heavy atom. The maximum atomic E-state index is 12.0. The number of carbonyl (C=O) groups is 2. The Bertz CT molecular complexity index is 731. The number of fused-ring (bicyclic) bond motifs is 1. The van der Waals surface area contributed by atoms with Crippen molar-refractivity contribution in [2.24, 2.45) is 5.10 Å². The van der Waals surface area contributed by atoms with E-state index in [0.717, 1.165) is 16.9 Å². The van der Waals surface area contributed by atoms with E-state index in [9.17, 15) is 9.59 Å². The van der Waals surface area contributed by atoms with Gasteiger partial charge in [-0.05, 0) is 25.1 Å². The first-order valence-electron chi connectivity index (χ1n) is 6.25. The van der Waals surface area contributed by atoms with Gasteiger partial charge in [-0.1, -0.05) is 0 Å². The molecule has 0 saturated heterocycles. The van der Waals surface area contributed by atoms with Gasteiger partial charge in [0.1, 0.15) is 11.5 Å². The molecule has 0 aliphatic carbocycles. The maximum Gasteiger partial charge on any atom is 0.271 e. The fraction of sp³-hybridized carbons (Fsp3) is 0.231. The van der Waals surface area contributed by atoms with Crippen LogP contribution in [0.3, 0.4) is 0 Å². The largest absolute Gasteiger partial charge is 0.342 e. The lowest BCUT2D eigenvalue weighted by Crippen LogP contribution is -2.32. The molecule has 2 heterocycles. The van der Waals surface area contributed by atoms with Crippen molar-refractivity contribution in [3.8, 4) is 0 Å². The third-order valence-corrected chi connectivity index (χ3v) is 3.02. The molecule has 102 valence electrons. The monoisotopic (exact) mass is 271 g/mol. The van der Waals surface area contributed by atoms with E-state index in [1.165, 1.54) is 0 Å². The number of aromatic amines is 1. The number of amides is 2. The number of rotatable bonds is 2. The quantitative estimate of drug-likeness (QED) is 0.762. The average Bonchev–Trinajstić information content (AvgIpc) is 2.78. The first-order chi connectivity index (χ1) is 9.61. The molecular weight excluding hydrogens is 258 g/mol. The van der Waals surface area contributed by atoms with E-state index < -0.39 is 0 Å². The minimum absolute atomic E-state index is 0.170. The van der Waals surface area contributed by atoms with Crippen LogP contribution in [-0.4, -0.2) is 27.5 Å². The second kappa shape index (κ2) is 4.76. The smallest absolute Gasteiger partial charge is 0.271 e. The average molecular weight is 271 g/mol. The minimum Gasteiger partial charge on any atom is -0.342 e. The van der Waals surface area contributed by atoms with Gasteiger partial charge < -0.3 is 10.3 Å². The summed E-state index contributed by atoms with van der Waals surface area (Å²) in [5, 5.41) is 6.52. The molecule has 20 heavy (non-hydrogen) atoms. The minimum atomic E-state index is -0.305. The Morgan fingerprint density at radius 1 is 1.35 bits per heavy atom. The number of hydrogen-bond donors (Lipinski definition) is 3. The van der Waals surface area contributed by atoms with Gasteiger partial charge >= 0.3 is 0 Å². The van der Waals surface area contributed by atoms with Gasteiger partial charge in [-0.2, -0.15) is 5.10 Å². The van der Waals surface area contributed by atoms with Crippen LogP contribution in [0.2, 0.25) is 0 Å². The molecule has 2 amide bonds. The SMILES string of the molecule is Cc1nc2ccc(NC(=O)C3=NNC(=O)CC3)cc2[nH]1. The Labute approximate surface area is 114 Å². The molecule has 1 aromatic heterocycles. The first-order valence-corrected chi connectivity index (χ1v) is 6.25. The van der Waals surface area contributed by atoms with Crippen LogP contribution in [-0.2, 0) is 9.59 Å². The zero-order chi connectivity index (χ0) is 14.1. The molecular formula is C13H13N5O2. The normalized spacial score (nSPS) is 14.8. The van der Waals surface area contributed by atoms with Crippen molar-refractivity contribution in [1.82, 2.24) is 15.4 Å². The van der Waals surface area contributed by atoms with E-state index in [-0.39, 0.29) is 18.2 Å². The highest BCUT2D eigenvalue weighted by Gasteiger charge is 2.18. The molecule has 1 aromatic carbocycles. The van der Waals surface area contributed by atoms with E-state index in [2.05, 4.69) is 25.8 Å². The molecule has 1 aliphatic rings. The van der Waals surface area contributed by atoms with Crippen LogP contribution in [0.1, 0.15) is 18.7 Å². The van der Waals surface area contributed by atoms with E-state index in [1.54, 1.807) is 6.07 Å². The third-order valence-electron chi connectivity index (χ3n) is 3.02. The Hall–Kier alpha value is -2.70. The second-order valence-corrected chi connectivity index (χ2v) is 4.60. The summed E-state index contributed by atoms with van der Waals surface area (Å²) in [5.74, 6) is 0.347. The van der Waals surface area contributed by atoms with Gasteiger partial charge in [0, 0.05) is 18.5 Å². The van der Waals surface area contributed by atoms with Crippen LogP contribution in [0.15, 0.2) is 23.3 Å². The topological polar surface area (TPSA) is 99.2 Å². The number of hydrazone groups is 1. The number of anilines is 1. The van der Waals surface area contributed by atoms with Gasteiger partial charge in [0.25, 0.3) is 5.91 Å². The molecule has 0 saturated carbocycles. The zero-order valence-corrected chi connectivity index (χ0v) is 10.9. The van der Waals surface area contributed by atoms with Gasteiger partial charge in [-0.15, -0.1) is 0 Å². The molecule has 3 rings (SSSR count). The number of carbonyl (C=O) groups excluding carboxylic acids is 2. The summed E-state index contributed by atoms with van der Waals surface area (Å²) < 4.78 is 0. The molecule has 0 atom stereocenters. The van der Waals surface area contributed by atoms with Gasteiger partial charge in [-0.3, -0.25) is 9.59 Å². The molecule has 1 aliphatic heterocycles. The zero-order valence-electron chi connectivity index (χ0n) is 10.9. The number of nitrogens with zero attached hydrogens (tertiary/aromatic N) is 2. The van der Waals surface area contributed by atoms with E-state index >= 15 is 0 Å². The summed E-state index contributed by atoms with van der Waals surface area (Å²) >= 11 is 0. The molecule has 7 nitrogen and oxygen atoms in total. The van der Waals surface area contributed by atoms with Crippen molar-refractivity contribution >= 4 is 34.2 Å². The van der Waals surface area contributed by atoms with Crippen LogP contribution >= 0.6 is 0 Å². The van der Waals surface area contributed by atoms with Crippen LogP contribution < -0.4 is 10.7 Å². The summed E-state index contributed by atoms with van der Waals surface area (Å²) in [4.78, 5) is 30.4. The fourth-order valence-electron chi connectivity index (χ4n) is 2.06. The number of benzene rings is 1. The van der Waals surface area contributed by atoms with Crippen molar-refractivity contribution < 1.29 is 9.59 Å². The lowest BCUT2D eigenvalue weighted by atomic mass is 10.1. The summed E-state index contributed by atoms with van der Waals surface area (Å²) in [6.07, 6.45) is 0.633. The highest BCUT2D eigenvalue weighted by Crippen LogP contribution is 2.17. The van der Waals surface area contributed by atoms with Gasteiger partial charge in [0.15, 0.2) is 0 Å². The predicted octanol–water partition coefficient (Wildman–Crippen LogP) is 1.08. The highest BCUT2D eigenvalue weighted by molar-refractivity contribution is 6.43. The van der Waals surface area contributed by atoms with Crippen LogP contribution in [0.25, 0.3) is 11.0 Å². The van der Waals surface area contributed by atoms with E-state index in [4.69, 9.17) is 0 Å². The van der Waals surface area contributed by atoms with Crippen molar-refractivity contribution in [3.63, 3.8) is 0 Å². The van der Waals surface area contributed by atoms with Gasteiger partial charge in [0.05, 0.1) is 11.0 Å². The van der Waals surface area contributed by atoms with Crippen LogP contribution in [0, 0.1) is 6.92 Å². The number of nitrogens with one attached hydrogen (secondary N) is 3. The molecule has 0 radical (unpaired) electrons. The Morgan fingerprint density at radius 3 is 2.95 bits per heavy atom. The van der Waals surface area contributed by atoms with Crippen molar-refractivity contribution in [2.75, 3.05) is 5.32 Å². The van der Waals surface area contributed by atoms with Crippen molar-refractivity contribution in [3.05, 3.63) is 24.0 Å². The van der Waals surface area contributed by atoms with E-state index in [0.29, 0.717) is 17.8 Å². The molecule has 0 unspecified atom stereocenters. The van der Waals surface area contributed by atoms with Crippen LogP contribution in [0.4, 0.5) is 5.69 Å². The summed E-state index contributed by atoms with van der Waals surface area (Å²) in [7, 11) is 0. The van der Waals surface area contributed by atoms with Gasteiger partial charge in [-0.25, -0.2) is 10.4 Å². The molecule has 2 aromatic rings. The van der Waals surface area contributed by atoms with E-state index in [1.807, 2.05) is 19.1 Å². The van der Waals surface area contributed by atoms with Gasteiger partial charge in [0.2, 0.25) is 5.91 Å². The lowest BCUT2D eigenvalue weighted by molar-refractivity contribution is -0.121. The van der Waals surface area contributed by atoms with Crippen LogP contribution in [0.5, 0.6) is 0 Å². The number of H-pyrrole nitrogens is 1. The molecule has 0 spiro atoms. The number of imidazole rings is 1. The predicted molar refractivity (Wildman–Crippen MR) is 74.3 cm³/mol. The fourth-order valence-corrected chi connectivity index (χ4v) is 2.06. The third kappa shape index (κ3) is 2.37.